The third-order valence-corrected chi connectivity index (χ3v) is 8.92. The summed E-state index contributed by atoms with van der Waals surface area (Å²) in [7, 11) is 0. The number of carbonyl (C=O) groups is 2. The Balaban J connectivity index is 1.25. The predicted molar refractivity (Wildman–Crippen MR) is 153 cm³/mol. The number of nitrogens with one attached hydrogen (secondary N) is 1. The van der Waals surface area contributed by atoms with Crippen LogP contribution >= 0.6 is 11.6 Å². The van der Waals surface area contributed by atoms with Crippen molar-refractivity contribution in [1.29, 1.82) is 0 Å². The van der Waals surface area contributed by atoms with Crippen molar-refractivity contribution < 1.29 is 28.9 Å². The van der Waals surface area contributed by atoms with Crippen LogP contribution in [-0.4, -0.2) is 73.4 Å². The Hall–Kier alpha value is -3.50. The Labute approximate surface area is 242 Å². The molecule has 2 atom stereocenters. The lowest BCUT2D eigenvalue weighted by Gasteiger charge is -2.39. The number of hydrogen-bond donors (Lipinski definition) is 3. The van der Waals surface area contributed by atoms with E-state index >= 15 is 4.39 Å². The quantitative estimate of drug-likeness (QED) is 0.329. The van der Waals surface area contributed by atoms with E-state index < -0.39 is 30.1 Å². The predicted octanol–water partition coefficient (Wildman–Crippen LogP) is 5.27. The summed E-state index contributed by atoms with van der Waals surface area (Å²) in [6.07, 6.45) is 3.86. The first-order chi connectivity index (χ1) is 19.6. The Morgan fingerprint density at radius 3 is 2.49 bits per heavy atom. The van der Waals surface area contributed by atoms with E-state index in [1.165, 1.54) is 0 Å². The van der Waals surface area contributed by atoms with Gasteiger partial charge in [0.1, 0.15) is 18.4 Å². The maximum absolute atomic E-state index is 15.5. The molecule has 1 aliphatic heterocycles. The number of fused-ring (bicyclic) bond motifs is 1. The van der Waals surface area contributed by atoms with Crippen molar-refractivity contribution in [3.8, 4) is 17.3 Å². The van der Waals surface area contributed by atoms with E-state index in [1.54, 1.807) is 24.8 Å². The van der Waals surface area contributed by atoms with Gasteiger partial charge in [0.25, 0.3) is 6.01 Å². The number of ether oxygens (including phenoxy) is 1. The van der Waals surface area contributed by atoms with Crippen LogP contribution in [0, 0.1) is 11.8 Å². The number of pyridine rings is 1. The largest absolute Gasteiger partial charge is 0.481 e. The van der Waals surface area contributed by atoms with Gasteiger partial charge in [-0.25, -0.2) is 9.37 Å². The maximum Gasteiger partial charge on any atom is 0.306 e. The van der Waals surface area contributed by atoms with E-state index in [0.29, 0.717) is 54.2 Å². The van der Waals surface area contributed by atoms with Gasteiger partial charge >= 0.3 is 5.97 Å². The number of aromatic nitrogens is 3. The van der Waals surface area contributed by atoms with E-state index in [0.717, 1.165) is 16.7 Å². The summed E-state index contributed by atoms with van der Waals surface area (Å²) in [5, 5.41) is 18.8. The summed E-state index contributed by atoms with van der Waals surface area (Å²) in [4.78, 5) is 36.9. The average molecular weight is 585 g/mol. The van der Waals surface area contributed by atoms with Gasteiger partial charge < -0.3 is 24.8 Å². The van der Waals surface area contributed by atoms with Crippen molar-refractivity contribution in [3.05, 3.63) is 47.0 Å². The molecule has 3 heterocycles. The number of H-pyrrole nitrogens is 1. The summed E-state index contributed by atoms with van der Waals surface area (Å²) in [6.45, 7) is 3.79. The van der Waals surface area contributed by atoms with E-state index in [9.17, 15) is 14.7 Å². The van der Waals surface area contributed by atoms with Crippen LogP contribution < -0.4 is 4.74 Å². The fourth-order valence-corrected chi connectivity index (χ4v) is 5.98. The molecule has 2 aromatic heterocycles. The highest BCUT2D eigenvalue weighted by atomic mass is 35.5. The molecule has 1 aliphatic carbocycles. The fourth-order valence-electron chi connectivity index (χ4n) is 5.72. The Morgan fingerprint density at radius 1 is 1.20 bits per heavy atom. The summed E-state index contributed by atoms with van der Waals surface area (Å²) < 4.78 is 21.5. The topological polar surface area (TPSA) is 129 Å². The van der Waals surface area contributed by atoms with Gasteiger partial charge in [0, 0.05) is 24.6 Å². The third-order valence-electron chi connectivity index (χ3n) is 8.63. The number of nitrogens with zero attached hydrogens (tertiary/aromatic N) is 3. The standard InChI is InChI=1S/C30H34ClFN4O5/c1-17(28(39)40)18(2)30(32)11-7-22(8-12-30)41-29-33-24-15-23(31)26(34-27(24)35-29)21-5-3-19(4-6-21)20-9-13-36(14-10-20)25(38)16-37/h3-6,9,15,17-18,22,37H,7-8,10-14,16H2,1-2H3,(H,39,40)(H,33,34,35)/t17?,18?,22-,30+. The molecule has 0 radical (unpaired) electrons. The Bertz CT molecular complexity index is 1470. The van der Waals surface area contributed by atoms with Gasteiger partial charge in [-0.15, -0.1) is 0 Å². The smallest absolute Gasteiger partial charge is 0.306 e. The van der Waals surface area contributed by atoms with E-state index in [2.05, 4.69) is 15.0 Å². The van der Waals surface area contributed by atoms with Crippen LogP contribution in [0.4, 0.5) is 4.39 Å². The minimum Gasteiger partial charge on any atom is -0.481 e. The minimum atomic E-state index is -1.53. The van der Waals surface area contributed by atoms with Gasteiger partial charge in [-0.3, -0.25) is 9.59 Å². The van der Waals surface area contributed by atoms with Crippen molar-refractivity contribution in [3.63, 3.8) is 0 Å². The maximum atomic E-state index is 15.5. The first-order valence-electron chi connectivity index (χ1n) is 13.9. The van der Waals surface area contributed by atoms with Crippen molar-refractivity contribution in [2.75, 3.05) is 19.7 Å². The van der Waals surface area contributed by atoms with Crippen LogP contribution in [0.15, 0.2) is 36.4 Å². The van der Waals surface area contributed by atoms with Gasteiger partial charge in [-0.2, -0.15) is 4.98 Å². The number of rotatable bonds is 8. The Morgan fingerprint density at radius 2 is 1.88 bits per heavy atom. The molecule has 41 heavy (non-hydrogen) atoms. The molecule has 1 amide bonds. The Kier molecular flexibility index (Phi) is 8.33. The zero-order valence-corrected chi connectivity index (χ0v) is 23.8. The molecule has 9 nitrogen and oxygen atoms in total. The zero-order chi connectivity index (χ0) is 29.3. The van der Waals surface area contributed by atoms with E-state index in [-0.39, 0.29) is 30.9 Å². The molecule has 2 unspecified atom stereocenters. The number of benzene rings is 1. The molecule has 0 saturated heterocycles. The minimum absolute atomic E-state index is 0.233. The number of carboxylic acids is 1. The molecule has 1 saturated carbocycles. The van der Waals surface area contributed by atoms with Crippen LogP contribution in [0.2, 0.25) is 5.02 Å². The number of carboxylic acid groups (broad SMARTS) is 1. The second-order valence-corrected chi connectivity index (χ2v) is 11.5. The molecule has 3 N–H and O–H groups in total. The highest BCUT2D eigenvalue weighted by Gasteiger charge is 2.44. The first-order valence-corrected chi connectivity index (χ1v) is 14.3. The normalized spacial score (nSPS) is 22.7. The molecular weight excluding hydrogens is 551 g/mol. The van der Waals surface area contributed by atoms with E-state index in [1.807, 2.05) is 30.3 Å². The van der Waals surface area contributed by atoms with Crippen LogP contribution in [0.5, 0.6) is 6.01 Å². The fraction of sp³-hybridized carbons (Fsp3) is 0.467. The summed E-state index contributed by atoms with van der Waals surface area (Å²) in [5.74, 6) is -2.59. The second-order valence-electron chi connectivity index (χ2n) is 11.1. The third kappa shape index (κ3) is 6.08. The molecule has 5 rings (SSSR count). The van der Waals surface area contributed by atoms with Gasteiger partial charge in [-0.05, 0) is 49.3 Å². The number of hydrogen-bond acceptors (Lipinski definition) is 6. The number of alkyl halides is 1. The molecule has 11 heteroatoms. The molecule has 3 aromatic rings. The van der Waals surface area contributed by atoms with Crippen molar-refractivity contribution in [2.24, 2.45) is 11.8 Å². The lowest BCUT2D eigenvalue weighted by molar-refractivity contribution is -0.146. The number of aromatic amines is 1. The highest BCUT2D eigenvalue weighted by molar-refractivity contribution is 6.33. The number of imidazole rings is 1. The molecular formula is C30H34ClFN4O5. The van der Waals surface area contributed by atoms with Crippen LogP contribution in [0.1, 0.15) is 51.5 Å². The molecule has 1 fully saturated rings. The van der Waals surface area contributed by atoms with Gasteiger partial charge in [-0.1, -0.05) is 55.8 Å². The molecule has 2 aliphatic rings. The first kappa shape index (κ1) is 29.0. The average Bonchev–Trinajstić information content (AvgIpc) is 3.37. The lowest BCUT2D eigenvalue weighted by Crippen LogP contribution is -2.43. The van der Waals surface area contributed by atoms with Gasteiger partial charge in [0.15, 0.2) is 5.65 Å². The monoisotopic (exact) mass is 584 g/mol. The van der Waals surface area contributed by atoms with Crippen molar-refractivity contribution in [1.82, 2.24) is 19.9 Å². The number of carbonyl (C=O) groups excluding carboxylic acids is 1. The number of halogens is 2. The van der Waals surface area contributed by atoms with Gasteiger partial charge in [0.05, 0.1) is 22.2 Å². The van der Waals surface area contributed by atoms with E-state index in [4.69, 9.17) is 21.4 Å². The lowest BCUT2D eigenvalue weighted by atomic mass is 9.72. The molecule has 218 valence electrons. The van der Waals surface area contributed by atoms with Gasteiger partial charge in [0.2, 0.25) is 5.91 Å². The van der Waals surface area contributed by atoms with Crippen molar-refractivity contribution in [2.45, 2.75) is 57.7 Å². The highest BCUT2D eigenvalue weighted by Crippen LogP contribution is 2.42. The summed E-state index contributed by atoms with van der Waals surface area (Å²) in [6, 6.07) is 9.94. The number of aliphatic hydroxyl groups excluding tert-OH is 1. The van der Waals surface area contributed by atoms with Crippen molar-refractivity contribution >= 4 is 40.2 Å². The second kappa shape index (κ2) is 11.8. The molecule has 0 spiro atoms. The molecule has 0 bridgehead atoms. The summed E-state index contributed by atoms with van der Waals surface area (Å²) >= 11 is 6.59. The van der Waals surface area contributed by atoms with Crippen LogP contribution in [0.3, 0.4) is 0 Å². The SMILES string of the molecule is CC(C(=O)O)C(C)[C@]1(F)CC[C@@H](Oc2nc3nc(-c4ccc(C5=CCN(C(=O)CO)CC5)cc4)c(Cl)cc3[nH]2)CC1. The molecule has 1 aromatic carbocycles. The number of amides is 1. The van der Waals surface area contributed by atoms with Crippen LogP contribution in [-0.2, 0) is 9.59 Å². The zero-order valence-electron chi connectivity index (χ0n) is 23.1. The number of aliphatic carboxylic acids is 1. The summed E-state index contributed by atoms with van der Waals surface area (Å²) in [5.41, 5.74) is 3.15. The number of aliphatic hydroxyl groups is 1. The van der Waals surface area contributed by atoms with Crippen LogP contribution in [0.25, 0.3) is 28.0 Å².